The molecule has 1 aliphatic heterocycles. The van der Waals surface area contributed by atoms with Gasteiger partial charge in [0.2, 0.25) is 5.91 Å². The lowest BCUT2D eigenvalue weighted by atomic mass is 10.0. The second kappa shape index (κ2) is 6.80. The highest BCUT2D eigenvalue weighted by Crippen LogP contribution is 2.29. The molecule has 0 saturated carbocycles. The number of aromatic amines is 1. The summed E-state index contributed by atoms with van der Waals surface area (Å²) in [7, 11) is 0. The Bertz CT molecular complexity index is 700. The summed E-state index contributed by atoms with van der Waals surface area (Å²) in [5, 5.41) is 0. The Balaban J connectivity index is 1.73. The molecule has 4 nitrogen and oxygen atoms in total. The Morgan fingerprint density at radius 2 is 1.92 bits per heavy atom. The van der Waals surface area contributed by atoms with Crippen LogP contribution in [0.4, 0.5) is 0 Å². The lowest BCUT2D eigenvalue weighted by Gasteiger charge is -2.20. The quantitative estimate of drug-likeness (QED) is 0.903. The number of amides is 1. The van der Waals surface area contributed by atoms with Crippen LogP contribution in [0.2, 0.25) is 0 Å². The number of carbonyl (C=O) groups excluding carboxylic acids is 1. The van der Waals surface area contributed by atoms with Crippen molar-refractivity contribution in [2.75, 3.05) is 6.54 Å². The molecular formula is C20H27N3O. The Labute approximate surface area is 144 Å². The lowest BCUT2D eigenvalue weighted by Crippen LogP contribution is -2.31. The molecule has 0 radical (unpaired) electrons. The van der Waals surface area contributed by atoms with Gasteiger partial charge in [-0.1, -0.05) is 38.1 Å². The van der Waals surface area contributed by atoms with Crippen LogP contribution in [-0.4, -0.2) is 33.4 Å². The summed E-state index contributed by atoms with van der Waals surface area (Å²) in [4.78, 5) is 22.0. The van der Waals surface area contributed by atoms with Crippen LogP contribution < -0.4 is 0 Å². The van der Waals surface area contributed by atoms with Gasteiger partial charge in [-0.05, 0) is 37.3 Å². The highest BCUT2D eigenvalue weighted by molar-refractivity contribution is 5.79. The fraction of sp³-hybridized carbons (Fsp3) is 0.500. The van der Waals surface area contributed by atoms with Gasteiger partial charge in [-0.3, -0.25) is 4.79 Å². The van der Waals surface area contributed by atoms with Gasteiger partial charge >= 0.3 is 0 Å². The van der Waals surface area contributed by atoms with Gasteiger partial charge in [0, 0.05) is 24.9 Å². The van der Waals surface area contributed by atoms with E-state index in [9.17, 15) is 4.79 Å². The second-order valence-corrected chi connectivity index (χ2v) is 7.52. The minimum atomic E-state index is 0.175. The highest BCUT2D eigenvalue weighted by atomic mass is 16.2. The Morgan fingerprint density at radius 3 is 2.50 bits per heavy atom. The topological polar surface area (TPSA) is 49.0 Å². The largest absolute Gasteiger partial charge is 0.342 e. The molecule has 3 rings (SSSR count). The van der Waals surface area contributed by atoms with E-state index in [1.165, 1.54) is 5.56 Å². The van der Waals surface area contributed by atoms with Crippen LogP contribution in [0, 0.1) is 5.92 Å². The summed E-state index contributed by atoms with van der Waals surface area (Å²) in [5.74, 6) is 1.99. The van der Waals surface area contributed by atoms with Crippen LogP contribution in [0.1, 0.15) is 51.4 Å². The molecule has 2 heterocycles. The van der Waals surface area contributed by atoms with Gasteiger partial charge in [0.1, 0.15) is 5.82 Å². The molecule has 2 aromatic rings. The van der Waals surface area contributed by atoms with E-state index in [-0.39, 0.29) is 17.9 Å². The molecule has 128 valence electrons. The molecule has 1 aliphatic rings. The average molecular weight is 325 g/mol. The van der Waals surface area contributed by atoms with E-state index in [2.05, 4.69) is 61.9 Å². The standard InChI is InChI=1S/C20H27N3O/c1-13(2)9-15-5-7-16(8-6-15)18-11-21-20(22-18)17-10-19(24)23(12-17)14(3)4/h5-8,11,13-14,17H,9-10,12H2,1-4H3,(H,21,22)/t17-/m0/s1. The van der Waals surface area contributed by atoms with Gasteiger partial charge in [0.15, 0.2) is 0 Å². The Kier molecular flexibility index (Phi) is 4.74. The van der Waals surface area contributed by atoms with Crippen molar-refractivity contribution in [3.8, 4) is 11.3 Å². The normalized spacial score (nSPS) is 18.2. The number of aromatic nitrogens is 2. The SMILES string of the molecule is CC(C)Cc1ccc(-c2cnc([C@H]3CC(=O)N(C(C)C)C3)[nH]2)cc1. The third kappa shape index (κ3) is 3.53. The number of imidazole rings is 1. The summed E-state index contributed by atoms with van der Waals surface area (Å²) >= 11 is 0. The average Bonchev–Trinajstić information content (AvgIpc) is 3.14. The van der Waals surface area contributed by atoms with Crippen molar-refractivity contribution in [2.45, 2.75) is 52.5 Å². The first-order chi connectivity index (χ1) is 11.4. The van der Waals surface area contributed by atoms with Gasteiger partial charge in [0.05, 0.1) is 11.9 Å². The summed E-state index contributed by atoms with van der Waals surface area (Å²) in [5.41, 5.74) is 3.53. The van der Waals surface area contributed by atoms with Gasteiger partial charge in [0.25, 0.3) is 0 Å². The van der Waals surface area contributed by atoms with E-state index in [1.54, 1.807) is 0 Å². The molecule has 1 amide bonds. The number of hydrogen-bond acceptors (Lipinski definition) is 2. The maximum Gasteiger partial charge on any atom is 0.223 e. The van der Waals surface area contributed by atoms with Crippen molar-refractivity contribution in [1.29, 1.82) is 0 Å². The third-order valence-corrected chi connectivity index (χ3v) is 4.67. The zero-order valence-electron chi connectivity index (χ0n) is 15.0. The van der Waals surface area contributed by atoms with Crippen molar-refractivity contribution < 1.29 is 4.79 Å². The van der Waals surface area contributed by atoms with Crippen molar-refractivity contribution >= 4 is 5.91 Å². The molecule has 0 spiro atoms. The first-order valence-electron chi connectivity index (χ1n) is 8.87. The zero-order valence-corrected chi connectivity index (χ0v) is 15.0. The van der Waals surface area contributed by atoms with E-state index >= 15 is 0 Å². The van der Waals surface area contributed by atoms with E-state index in [4.69, 9.17) is 0 Å². The van der Waals surface area contributed by atoms with Crippen LogP contribution in [0.5, 0.6) is 0 Å². The fourth-order valence-corrected chi connectivity index (χ4v) is 3.40. The Morgan fingerprint density at radius 1 is 1.21 bits per heavy atom. The van der Waals surface area contributed by atoms with Crippen LogP contribution in [0.25, 0.3) is 11.3 Å². The molecule has 1 aromatic carbocycles. The lowest BCUT2D eigenvalue weighted by molar-refractivity contribution is -0.129. The van der Waals surface area contributed by atoms with Gasteiger partial charge < -0.3 is 9.88 Å². The molecule has 1 fully saturated rings. The van der Waals surface area contributed by atoms with Crippen LogP contribution >= 0.6 is 0 Å². The third-order valence-electron chi connectivity index (χ3n) is 4.67. The van der Waals surface area contributed by atoms with Gasteiger partial charge in [-0.25, -0.2) is 4.98 Å². The molecule has 24 heavy (non-hydrogen) atoms. The van der Waals surface area contributed by atoms with Crippen LogP contribution in [0.3, 0.4) is 0 Å². The smallest absolute Gasteiger partial charge is 0.223 e. The predicted octanol–water partition coefficient (Wildman–Crippen LogP) is 4.00. The van der Waals surface area contributed by atoms with Crippen molar-refractivity contribution in [3.05, 3.63) is 41.9 Å². The number of H-pyrrole nitrogens is 1. The summed E-state index contributed by atoms with van der Waals surface area (Å²) in [6.45, 7) is 9.35. The van der Waals surface area contributed by atoms with Crippen LogP contribution in [-0.2, 0) is 11.2 Å². The van der Waals surface area contributed by atoms with E-state index in [0.717, 1.165) is 30.0 Å². The number of carbonyl (C=O) groups is 1. The summed E-state index contributed by atoms with van der Waals surface area (Å²) < 4.78 is 0. The molecule has 1 saturated heterocycles. The van der Waals surface area contributed by atoms with E-state index in [0.29, 0.717) is 12.3 Å². The van der Waals surface area contributed by atoms with E-state index < -0.39 is 0 Å². The number of rotatable bonds is 5. The number of benzene rings is 1. The van der Waals surface area contributed by atoms with Crippen molar-refractivity contribution in [1.82, 2.24) is 14.9 Å². The molecule has 1 N–H and O–H groups in total. The van der Waals surface area contributed by atoms with Crippen molar-refractivity contribution in [3.63, 3.8) is 0 Å². The zero-order chi connectivity index (χ0) is 17.3. The number of hydrogen-bond donors (Lipinski definition) is 1. The summed E-state index contributed by atoms with van der Waals surface area (Å²) in [6, 6.07) is 8.93. The molecular weight excluding hydrogens is 298 g/mol. The number of nitrogens with one attached hydrogen (secondary N) is 1. The minimum absolute atomic E-state index is 0.175. The van der Waals surface area contributed by atoms with Crippen LogP contribution in [0.15, 0.2) is 30.5 Å². The first-order valence-corrected chi connectivity index (χ1v) is 8.87. The monoisotopic (exact) mass is 325 g/mol. The van der Waals surface area contributed by atoms with E-state index in [1.807, 2.05) is 11.1 Å². The first kappa shape index (κ1) is 16.7. The minimum Gasteiger partial charge on any atom is -0.342 e. The fourth-order valence-electron chi connectivity index (χ4n) is 3.40. The highest BCUT2D eigenvalue weighted by Gasteiger charge is 2.33. The summed E-state index contributed by atoms with van der Waals surface area (Å²) in [6.07, 6.45) is 3.54. The van der Waals surface area contributed by atoms with Gasteiger partial charge in [-0.15, -0.1) is 0 Å². The number of nitrogens with zero attached hydrogens (tertiary/aromatic N) is 2. The van der Waals surface area contributed by atoms with Gasteiger partial charge in [-0.2, -0.15) is 0 Å². The molecule has 1 atom stereocenters. The molecule has 1 aromatic heterocycles. The number of likely N-dealkylation sites (tertiary alicyclic amines) is 1. The maximum atomic E-state index is 12.1. The second-order valence-electron chi connectivity index (χ2n) is 7.52. The maximum absolute atomic E-state index is 12.1. The molecule has 0 aliphatic carbocycles. The molecule has 0 bridgehead atoms. The van der Waals surface area contributed by atoms with Crippen molar-refractivity contribution in [2.24, 2.45) is 5.92 Å². The Hall–Kier alpha value is -2.10. The predicted molar refractivity (Wildman–Crippen MR) is 96.8 cm³/mol. The molecule has 0 unspecified atom stereocenters. The molecule has 4 heteroatoms.